The zero-order chi connectivity index (χ0) is 12.4. The van der Waals surface area contributed by atoms with Gasteiger partial charge in [0, 0.05) is 5.56 Å². The molecule has 1 aromatic carbocycles. The van der Waals surface area contributed by atoms with E-state index in [0.717, 1.165) is 11.1 Å². The van der Waals surface area contributed by atoms with Gasteiger partial charge in [-0.3, -0.25) is 4.79 Å². The largest absolute Gasteiger partial charge is 0.481 e. The summed E-state index contributed by atoms with van der Waals surface area (Å²) in [6.45, 7) is 2.00. The van der Waals surface area contributed by atoms with E-state index in [1.165, 1.54) is 0 Å². The molecule has 0 saturated heterocycles. The number of aromatic amines is 1. The molecule has 0 bridgehead atoms. The molecule has 0 aliphatic rings. The minimum atomic E-state index is -0.880. The van der Waals surface area contributed by atoms with Gasteiger partial charge in [-0.05, 0) is 22.9 Å². The van der Waals surface area contributed by atoms with E-state index in [1.54, 1.807) is 0 Å². The van der Waals surface area contributed by atoms with Gasteiger partial charge in [0.15, 0.2) is 4.73 Å². The van der Waals surface area contributed by atoms with Crippen LogP contribution in [0.1, 0.15) is 11.3 Å². The predicted molar refractivity (Wildman–Crippen MR) is 67.8 cm³/mol. The lowest BCUT2D eigenvalue weighted by Crippen LogP contribution is -2.01. The van der Waals surface area contributed by atoms with Crippen molar-refractivity contribution in [3.8, 4) is 11.3 Å². The van der Waals surface area contributed by atoms with Crippen LogP contribution in [0.25, 0.3) is 11.3 Å². The summed E-state index contributed by atoms with van der Waals surface area (Å²) in [7, 11) is 0. The van der Waals surface area contributed by atoms with E-state index in [4.69, 9.17) is 5.11 Å². The van der Waals surface area contributed by atoms with Crippen LogP contribution in [0.4, 0.5) is 0 Å². The molecule has 2 N–H and O–H groups in total. The van der Waals surface area contributed by atoms with Gasteiger partial charge in [-0.2, -0.15) is 0 Å². The smallest absolute Gasteiger partial charge is 0.309 e. The Morgan fingerprint density at radius 3 is 2.65 bits per heavy atom. The molecule has 0 unspecified atom stereocenters. The van der Waals surface area contributed by atoms with E-state index < -0.39 is 5.97 Å². The first kappa shape index (κ1) is 11.9. The van der Waals surface area contributed by atoms with Gasteiger partial charge in [0.25, 0.3) is 0 Å². The summed E-state index contributed by atoms with van der Waals surface area (Å²) < 4.78 is 0.546. The number of carbonyl (C=O) groups is 1. The van der Waals surface area contributed by atoms with Gasteiger partial charge >= 0.3 is 5.97 Å². The topological polar surface area (TPSA) is 66.0 Å². The summed E-state index contributed by atoms with van der Waals surface area (Å²) in [4.78, 5) is 17.9. The van der Waals surface area contributed by atoms with E-state index >= 15 is 0 Å². The van der Waals surface area contributed by atoms with E-state index in [-0.39, 0.29) is 6.42 Å². The van der Waals surface area contributed by atoms with E-state index in [1.807, 2.05) is 31.2 Å². The number of nitrogens with one attached hydrogen (secondary N) is 1. The lowest BCUT2D eigenvalue weighted by Gasteiger charge is -2.01. The number of rotatable bonds is 3. The molecule has 0 spiro atoms. The van der Waals surface area contributed by atoms with Crippen molar-refractivity contribution in [2.75, 3.05) is 0 Å². The Morgan fingerprint density at radius 2 is 2.06 bits per heavy atom. The summed E-state index contributed by atoms with van der Waals surface area (Å²) in [5.41, 5.74) is 3.35. The average Bonchev–Trinajstić information content (AvgIpc) is 2.59. The Bertz CT molecular complexity index is 546. The number of imidazole rings is 1. The molecule has 2 aromatic rings. The summed E-state index contributed by atoms with van der Waals surface area (Å²) in [6, 6.07) is 7.82. The van der Waals surface area contributed by atoms with E-state index in [2.05, 4.69) is 25.9 Å². The Morgan fingerprint density at radius 1 is 1.41 bits per heavy atom. The van der Waals surface area contributed by atoms with Crippen molar-refractivity contribution >= 4 is 21.9 Å². The van der Waals surface area contributed by atoms with Crippen molar-refractivity contribution in [3.05, 3.63) is 40.3 Å². The van der Waals surface area contributed by atoms with Crippen molar-refractivity contribution in [2.45, 2.75) is 13.3 Å². The number of carboxylic acids is 1. The average molecular weight is 295 g/mol. The minimum Gasteiger partial charge on any atom is -0.481 e. The van der Waals surface area contributed by atoms with Gasteiger partial charge < -0.3 is 10.1 Å². The van der Waals surface area contributed by atoms with Crippen molar-refractivity contribution in [2.24, 2.45) is 0 Å². The number of benzene rings is 1. The minimum absolute atomic E-state index is 0.0676. The molecule has 0 atom stereocenters. The fourth-order valence-electron chi connectivity index (χ4n) is 1.61. The SMILES string of the molecule is Cc1ccc(-c2nc(Br)[nH]c2CC(=O)O)cc1. The molecule has 0 radical (unpaired) electrons. The van der Waals surface area contributed by atoms with E-state index in [9.17, 15) is 4.79 Å². The lowest BCUT2D eigenvalue weighted by molar-refractivity contribution is -0.136. The first-order valence-corrected chi connectivity index (χ1v) is 5.89. The third kappa shape index (κ3) is 2.74. The van der Waals surface area contributed by atoms with Crippen LogP contribution in [-0.2, 0) is 11.2 Å². The fourth-order valence-corrected chi connectivity index (χ4v) is 2.02. The number of hydrogen-bond donors (Lipinski definition) is 2. The fraction of sp³-hybridized carbons (Fsp3) is 0.167. The Hall–Kier alpha value is -1.62. The van der Waals surface area contributed by atoms with Crippen LogP contribution >= 0.6 is 15.9 Å². The number of hydrogen-bond acceptors (Lipinski definition) is 2. The second-order valence-electron chi connectivity index (χ2n) is 3.79. The van der Waals surface area contributed by atoms with Crippen molar-refractivity contribution in [3.63, 3.8) is 0 Å². The molecule has 88 valence electrons. The van der Waals surface area contributed by atoms with Crippen LogP contribution in [0.15, 0.2) is 29.0 Å². The highest BCUT2D eigenvalue weighted by molar-refractivity contribution is 9.10. The second-order valence-corrected chi connectivity index (χ2v) is 4.54. The number of halogens is 1. The molecule has 0 saturated carbocycles. The number of H-pyrrole nitrogens is 1. The molecule has 0 fully saturated rings. The zero-order valence-electron chi connectivity index (χ0n) is 9.20. The molecule has 0 aliphatic carbocycles. The van der Waals surface area contributed by atoms with Gasteiger partial charge in [-0.1, -0.05) is 29.8 Å². The molecule has 4 nitrogen and oxygen atoms in total. The Kier molecular flexibility index (Phi) is 3.28. The second kappa shape index (κ2) is 4.71. The highest BCUT2D eigenvalue weighted by Gasteiger charge is 2.13. The van der Waals surface area contributed by atoms with Gasteiger partial charge in [-0.15, -0.1) is 0 Å². The predicted octanol–water partition coefficient (Wildman–Crippen LogP) is 2.77. The number of nitrogens with zero attached hydrogens (tertiary/aromatic N) is 1. The summed E-state index contributed by atoms with van der Waals surface area (Å²) in [6.07, 6.45) is -0.0676. The maximum atomic E-state index is 10.8. The normalized spacial score (nSPS) is 10.5. The molecule has 0 amide bonds. The van der Waals surface area contributed by atoms with Crippen LogP contribution in [0, 0.1) is 6.92 Å². The van der Waals surface area contributed by atoms with Crippen LogP contribution in [0.3, 0.4) is 0 Å². The molecular formula is C12H11BrN2O2. The maximum Gasteiger partial charge on any atom is 0.309 e. The lowest BCUT2D eigenvalue weighted by atomic mass is 10.1. The van der Waals surface area contributed by atoms with Gasteiger partial charge in [-0.25, -0.2) is 4.98 Å². The van der Waals surface area contributed by atoms with Crippen LogP contribution < -0.4 is 0 Å². The van der Waals surface area contributed by atoms with Crippen LogP contribution in [-0.4, -0.2) is 21.0 Å². The molecule has 2 rings (SSSR count). The standard InChI is InChI=1S/C12H11BrN2O2/c1-7-2-4-8(5-3-7)11-9(6-10(16)17)14-12(13)15-11/h2-5H,6H2,1H3,(H,14,15)(H,16,17). The molecule has 1 aromatic heterocycles. The number of aliphatic carboxylic acids is 1. The summed E-state index contributed by atoms with van der Waals surface area (Å²) in [5, 5.41) is 8.83. The van der Waals surface area contributed by atoms with Crippen molar-refractivity contribution < 1.29 is 9.90 Å². The quantitative estimate of drug-likeness (QED) is 0.915. The summed E-state index contributed by atoms with van der Waals surface area (Å²) in [5.74, 6) is -0.880. The Labute approximate surface area is 107 Å². The third-order valence-corrected chi connectivity index (χ3v) is 2.78. The monoisotopic (exact) mass is 294 g/mol. The number of aryl methyl sites for hydroxylation is 1. The zero-order valence-corrected chi connectivity index (χ0v) is 10.8. The highest BCUT2D eigenvalue weighted by atomic mass is 79.9. The molecule has 5 heteroatoms. The van der Waals surface area contributed by atoms with Gasteiger partial charge in [0.05, 0.1) is 17.8 Å². The van der Waals surface area contributed by atoms with Gasteiger partial charge in [0.1, 0.15) is 0 Å². The number of aromatic nitrogens is 2. The van der Waals surface area contributed by atoms with Crippen LogP contribution in [0.2, 0.25) is 0 Å². The highest BCUT2D eigenvalue weighted by Crippen LogP contribution is 2.24. The first-order chi connectivity index (χ1) is 8.06. The van der Waals surface area contributed by atoms with Crippen molar-refractivity contribution in [1.29, 1.82) is 0 Å². The first-order valence-electron chi connectivity index (χ1n) is 5.09. The number of carboxylic acid groups (broad SMARTS) is 1. The van der Waals surface area contributed by atoms with Crippen molar-refractivity contribution in [1.82, 2.24) is 9.97 Å². The molecule has 1 heterocycles. The molecule has 17 heavy (non-hydrogen) atoms. The summed E-state index contributed by atoms with van der Waals surface area (Å²) >= 11 is 3.23. The Balaban J connectivity index is 2.43. The maximum absolute atomic E-state index is 10.8. The molecular weight excluding hydrogens is 284 g/mol. The third-order valence-electron chi connectivity index (χ3n) is 2.40. The van der Waals surface area contributed by atoms with Crippen LogP contribution in [0.5, 0.6) is 0 Å². The van der Waals surface area contributed by atoms with E-state index in [0.29, 0.717) is 16.1 Å². The molecule has 0 aliphatic heterocycles. The van der Waals surface area contributed by atoms with Gasteiger partial charge in [0.2, 0.25) is 0 Å².